The van der Waals surface area contributed by atoms with E-state index in [1.165, 1.54) is 28.4 Å². The van der Waals surface area contributed by atoms with Crippen LogP contribution in [0.5, 0.6) is 11.5 Å². The Bertz CT molecular complexity index is 999. The first-order valence-electron chi connectivity index (χ1n) is 14.1. The van der Waals surface area contributed by atoms with Crippen molar-refractivity contribution in [3.63, 3.8) is 0 Å². The highest BCUT2D eigenvalue weighted by Crippen LogP contribution is 2.26. The zero-order valence-corrected chi connectivity index (χ0v) is 27.8. The van der Waals surface area contributed by atoms with E-state index in [9.17, 15) is 20.4 Å². The SMILES string of the molecule is CO[Si](CCCOCC(O)Cc1ccccc1O)(OC)O[Si](CCCOCC(O)Cc1ccccc1O)(OC)OC.O=C=O. The second-order valence-corrected chi connectivity index (χ2v) is 15.9. The average molecular weight is 659 g/mol. The molecule has 0 heterocycles. The lowest BCUT2D eigenvalue weighted by molar-refractivity contribution is -0.191. The van der Waals surface area contributed by atoms with Crippen LogP contribution in [0.2, 0.25) is 12.1 Å². The van der Waals surface area contributed by atoms with Gasteiger partial charge < -0.3 is 51.7 Å². The van der Waals surface area contributed by atoms with Gasteiger partial charge in [-0.25, -0.2) is 0 Å². The minimum atomic E-state index is -3.17. The maximum Gasteiger partial charge on any atom is 0.493 e. The van der Waals surface area contributed by atoms with Crippen LogP contribution in [0, 0.1) is 0 Å². The van der Waals surface area contributed by atoms with Gasteiger partial charge in [-0.1, -0.05) is 36.4 Å². The second-order valence-electron chi connectivity index (χ2n) is 9.70. The smallest absolute Gasteiger partial charge is 0.493 e. The molecule has 0 fully saturated rings. The summed E-state index contributed by atoms with van der Waals surface area (Å²) in [5, 5.41) is 40.3. The van der Waals surface area contributed by atoms with Gasteiger partial charge in [-0.05, 0) is 36.1 Å². The van der Waals surface area contributed by atoms with Crippen LogP contribution in [0.1, 0.15) is 24.0 Å². The van der Waals surface area contributed by atoms with Crippen LogP contribution in [0.4, 0.5) is 0 Å². The van der Waals surface area contributed by atoms with Crippen molar-refractivity contribution in [3.05, 3.63) is 59.7 Å². The molecule has 0 aliphatic rings. The average Bonchev–Trinajstić information content (AvgIpc) is 3.02. The van der Waals surface area contributed by atoms with E-state index in [1.54, 1.807) is 36.4 Å². The fourth-order valence-electron chi connectivity index (χ4n) is 4.29. The number of aromatic hydroxyl groups is 2. The molecule has 0 radical (unpaired) electrons. The van der Waals surface area contributed by atoms with Gasteiger partial charge in [0.1, 0.15) is 11.5 Å². The summed E-state index contributed by atoms with van der Waals surface area (Å²) in [5.41, 5.74) is 1.33. The minimum Gasteiger partial charge on any atom is -0.508 e. The van der Waals surface area contributed by atoms with Gasteiger partial charge in [0.25, 0.3) is 0 Å². The molecule has 13 nitrogen and oxygen atoms in total. The van der Waals surface area contributed by atoms with E-state index >= 15 is 0 Å². The molecule has 2 unspecified atom stereocenters. The van der Waals surface area contributed by atoms with Gasteiger partial charge >= 0.3 is 23.8 Å². The number of phenolic OH excluding ortho intramolecular Hbond substituents is 2. The third-order valence-corrected chi connectivity index (χ3v) is 13.5. The largest absolute Gasteiger partial charge is 0.508 e. The van der Waals surface area contributed by atoms with Gasteiger partial charge in [0.05, 0.1) is 25.4 Å². The molecule has 0 saturated heterocycles. The van der Waals surface area contributed by atoms with Gasteiger partial charge in [0.2, 0.25) is 0 Å². The van der Waals surface area contributed by atoms with Crippen molar-refractivity contribution in [2.24, 2.45) is 0 Å². The number of para-hydroxylation sites is 2. The van der Waals surface area contributed by atoms with E-state index in [2.05, 4.69) is 0 Å². The fraction of sp³-hybridized carbons (Fsp3) is 0.552. The summed E-state index contributed by atoms with van der Waals surface area (Å²) in [7, 11) is -0.204. The van der Waals surface area contributed by atoms with Crippen LogP contribution >= 0.6 is 0 Å². The summed E-state index contributed by atoms with van der Waals surface area (Å²) in [6, 6.07) is 14.7. The second kappa shape index (κ2) is 22.1. The number of aliphatic hydroxyl groups is 2. The van der Waals surface area contributed by atoms with E-state index in [-0.39, 0.29) is 30.9 Å². The van der Waals surface area contributed by atoms with Gasteiger partial charge in [-0.2, -0.15) is 9.59 Å². The summed E-state index contributed by atoms with van der Waals surface area (Å²) in [5.74, 6) is 0.300. The van der Waals surface area contributed by atoms with Crippen LogP contribution in [0.25, 0.3) is 0 Å². The number of hydrogen-bond donors (Lipinski definition) is 4. The summed E-state index contributed by atoms with van der Waals surface area (Å²) in [4.78, 5) is 16.2. The van der Waals surface area contributed by atoms with Crippen LogP contribution in [0.3, 0.4) is 0 Å². The highest BCUT2D eigenvalue weighted by molar-refractivity contribution is 6.75. The molecule has 44 heavy (non-hydrogen) atoms. The summed E-state index contributed by atoms with van der Waals surface area (Å²) in [6.07, 6.45) is 0.462. The first kappa shape index (κ1) is 39.5. The Labute approximate surface area is 260 Å². The van der Waals surface area contributed by atoms with E-state index in [0.29, 0.717) is 62.1 Å². The molecule has 0 aliphatic heterocycles. The molecule has 2 aromatic carbocycles. The first-order chi connectivity index (χ1) is 21.1. The number of rotatable bonds is 22. The Morgan fingerprint density at radius 2 is 1.00 bits per heavy atom. The van der Waals surface area contributed by atoms with E-state index in [0.717, 1.165) is 0 Å². The Morgan fingerprint density at radius 3 is 1.32 bits per heavy atom. The molecule has 0 aliphatic carbocycles. The third-order valence-electron chi connectivity index (χ3n) is 6.61. The Morgan fingerprint density at radius 1 is 0.659 bits per heavy atom. The molecular weight excluding hydrogens is 612 g/mol. The highest BCUT2D eigenvalue weighted by atomic mass is 28.5. The standard InChI is InChI=1S/C28H46O11Si2.CO2/c1-33-40(34-2,17-9-15-37-21-25(29)19-23-11-5-7-13-27(23)31)39-41(35-3,36-4)18-10-16-38-22-26(30)20-24-12-6-8-14-28(24)32;2-1-3/h5-8,11-14,25-26,29-32H,9-10,15-22H2,1-4H3;. The summed E-state index contributed by atoms with van der Waals surface area (Å²) >= 11 is 0. The molecule has 0 bridgehead atoms. The Balaban J connectivity index is 0.00000309. The lowest BCUT2D eigenvalue weighted by atomic mass is 10.1. The van der Waals surface area contributed by atoms with Crippen molar-refractivity contribution in [2.45, 2.75) is 50.0 Å². The molecule has 0 amide bonds. The third kappa shape index (κ3) is 14.5. The van der Waals surface area contributed by atoms with Crippen molar-refractivity contribution < 1.29 is 61.3 Å². The van der Waals surface area contributed by atoms with Gasteiger partial charge in [-0.3, -0.25) is 0 Å². The lowest BCUT2D eigenvalue weighted by Crippen LogP contribution is -2.57. The van der Waals surface area contributed by atoms with Gasteiger partial charge in [0.15, 0.2) is 0 Å². The van der Waals surface area contributed by atoms with Crippen molar-refractivity contribution >= 4 is 23.8 Å². The lowest BCUT2D eigenvalue weighted by Gasteiger charge is -2.35. The predicted molar refractivity (Wildman–Crippen MR) is 162 cm³/mol. The fourth-order valence-corrected chi connectivity index (χ4v) is 10.6. The molecule has 0 saturated carbocycles. The summed E-state index contributed by atoms with van der Waals surface area (Å²) in [6.45, 7) is 0.960. The molecule has 2 aromatic rings. The monoisotopic (exact) mass is 658 g/mol. The molecule has 15 heteroatoms. The molecule has 0 spiro atoms. The Kier molecular flexibility index (Phi) is 19.8. The maximum atomic E-state index is 10.3. The number of hydrogen-bond acceptors (Lipinski definition) is 13. The quantitative estimate of drug-likeness (QED) is 0.107. The molecule has 4 N–H and O–H groups in total. The minimum absolute atomic E-state index is 0.125. The first-order valence-corrected chi connectivity index (χ1v) is 17.9. The number of carbonyl (C=O) groups excluding carboxylic acids is 2. The van der Waals surface area contributed by atoms with E-state index < -0.39 is 29.8 Å². The predicted octanol–water partition coefficient (Wildman–Crippen LogP) is 2.31. The van der Waals surface area contributed by atoms with E-state index in [1.807, 2.05) is 12.1 Å². The number of ether oxygens (including phenoxy) is 2. The van der Waals surface area contributed by atoms with Gasteiger partial charge in [0, 0.05) is 66.6 Å². The normalized spacial score (nSPS) is 13.0. The van der Waals surface area contributed by atoms with Gasteiger partial charge in [-0.15, -0.1) is 0 Å². The van der Waals surface area contributed by atoms with Crippen molar-refractivity contribution in [1.29, 1.82) is 0 Å². The van der Waals surface area contributed by atoms with Crippen molar-refractivity contribution in [1.82, 2.24) is 0 Å². The molecular formula is C29H46O13Si2. The summed E-state index contributed by atoms with van der Waals surface area (Å²) < 4.78 is 40.7. The maximum absolute atomic E-state index is 10.3. The van der Waals surface area contributed by atoms with Crippen molar-refractivity contribution in [3.8, 4) is 11.5 Å². The highest BCUT2D eigenvalue weighted by Gasteiger charge is 2.51. The van der Waals surface area contributed by atoms with Crippen LogP contribution in [-0.4, -0.2) is 111 Å². The zero-order chi connectivity index (χ0) is 32.8. The number of benzene rings is 2. The number of aliphatic hydroxyl groups excluding tert-OH is 2. The Hall–Kier alpha value is -2.51. The molecule has 2 atom stereocenters. The molecule has 248 valence electrons. The molecule has 2 rings (SSSR count). The molecule has 0 aromatic heterocycles. The zero-order valence-electron chi connectivity index (χ0n) is 25.8. The van der Waals surface area contributed by atoms with Crippen LogP contribution in [0.15, 0.2) is 48.5 Å². The van der Waals surface area contributed by atoms with Crippen LogP contribution in [-0.2, 0) is 53.7 Å². The number of phenols is 2. The van der Waals surface area contributed by atoms with E-state index in [4.69, 9.17) is 40.9 Å². The topological polar surface area (TPSA) is 180 Å². The van der Waals surface area contributed by atoms with Crippen LogP contribution < -0.4 is 0 Å². The van der Waals surface area contributed by atoms with Crippen molar-refractivity contribution in [2.75, 3.05) is 54.9 Å².